The molecular formula is C17H18N2O9S. The summed E-state index contributed by atoms with van der Waals surface area (Å²) in [6.45, 7) is 0. The SMILES string of the molecule is COC(=O)c1cc(OC)c(OC)c(OC)c1NS(=O)(=O)c1ccccc1[N+](=O)[O-]. The van der Waals surface area contributed by atoms with Crippen LogP contribution >= 0.6 is 0 Å². The molecule has 12 heteroatoms. The van der Waals surface area contributed by atoms with Gasteiger partial charge in [0.05, 0.1) is 38.9 Å². The maximum atomic E-state index is 12.9. The second kappa shape index (κ2) is 8.65. The van der Waals surface area contributed by atoms with Crippen molar-refractivity contribution in [2.75, 3.05) is 33.2 Å². The fourth-order valence-corrected chi connectivity index (χ4v) is 3.81. The first-order valence-electron chi connectivity index (χ1n) is 7.89. The summed E-state index contributed by atoms with van der Waals surface area (Å²) in [7, 11) is 0.425. The summed E-state index contributed by atoms with van der Waals surface area (Å²) >= 11 is 0. The molecule has 0 fully saturated rings. The van der Waals surface area contributed by atoms with Crippen molar-refractivity contribution in [2.24, 2.45) is 0 Å². The Balaban J connectivity index is 2.77. The molecule has 2 rings (SSSR count). The highest BCUT2D eigenvalue weighted by molar-refractivity contribution is 7.92. The summed E-state index contributed by atoms with van der Waals surface area (Å²) in [5, 5.41) is 11.2. The van der Waals surface area contributed by atoms with Gasteiger partial charge in [0.25, 0.3) is 15.7 Å². The minimum Gasteiger partial charge on any atom is -0.493 e. The van der Waals surface area contributed by atoms with Crippen LogP contribution in [0.2, 0.25) is 0 Å². The van der Waals surface area contributed by atoms with E-state index in [1.807, 2.05) is 0 Å². The number of para-hydroxylation sites is 1. The number of carbonyl (C=O) groups excluding carboxylic acids is 1. The minimum atomic E-state index is -4.51. The van der Waals surface area contributed by atoms with Gasteiger partial charge in [-0.15, -0.1) is 0 Å². The van der Waals surface area contributed by atoms with Crippen molar-refractivity contribution >= 4 is 27.4 Å². The predicted octanol–water partition coefficient (Wildman–Crippen LogP) is 2.21. The average Bonchev–Trinajstić information content (AvgIpc) is 2.72. The number of esters is 1. The Kier molecular flexibility index (Phi) is 6.49. The van der Waals surface area contributed by atoms with Gasteiger partial charge >= 0.3 is 5.97 Å². The number of hydrogen-bond donors (Lipinski definition) is 1. The van der Waals surface area contributed by atoms with Gasteiger partial charge in [-0.1, -0.05) is 12.1 Å². The molecule has 1 N–H and O–H groups in total. The van der Waals surface area contributed by atoms with Gasteiger partial charge in [-0.25, -0.2) is 13.2 Å². The number of nitro groups is 1. The number of nitrogens with one attached hydrogen (secondary N) is 1. The summed E-state index contributed by atoms with van der Waals surface area (Å²) in [5.74, 6) is -0.986. The van der Waals surface area contributed by atoms with Gasteiger partial charge in [-0.05, 0) is 6.07 Å². The standard InChI is InChI=1S/C17H18N2O9S/c1-25-12-9-10(17(20)28-4)14(16(27-3)15(12)26-2)18-29(23,24)13-8-6-5-7-11(13)19(21)22/h5-9,18H,1-4H3. The van der Waals surface area contributed by atoms with Crippen molar-refractivity contribution in [3.05, 3.63) is 46.0 Å². The van der Waals surface area contributed by atoms with E-state index >= 15 is 0 Å². The van der Waals surface area contributed by atoms with Gasteiger partial charge in [0, 0.05) is 12.1 Å². The van der Waals surface area contributed by atoms with Crippen molar-refractivity contribution < 1.29 is 37.1 Å². The molecule has 2 aromatic carbocycles. The van der Waals surface area contributed by atoms with Crippen LogP contribution in [0.25, 0.3) is 0 Å². The van der Waals surface area contributed by atoms with Crippen LogP contribution in [-0.2, 0) is 14.8 Å². The number of ether oxygens (including phenoxy) is 4. The van der Waals surface area contributed by atoms with E-state index in [-0.39, 0.29) is 28.5 Å². The zero-order chi connectivity index (χ0) is 21.8. The van der Waals surface area contributed by atoms with Crippen LogP contribution in [-0.4, -0.2) is 47.7 Å². The third-order valence-electron chi connectivity index (χ3n) is 3.82. The highest BCUT2D eigenvalue weighted by atomic mass is 32.2. The second-order valence-corrected chi connectivity index (χ2v) is 7.04. The number of nitro benzene ring substituents is 1. The van der Waals surface area contributed by atoms with Crippen molar-refractivity contribution in [3.8, 4) is 17.2 Å². The van der Waals surface area contributed by atoms with Crippen LogP contribution < -0.4 is 18.9 Å². The van der Waals surface area contributed by atoms with Gasteiger partial charge in [0.2, 0.25) is 5.75 Å². The summed E-state index contributed by atoms with van der Waals surface area (Å²) in [5.41, 5.74) is -1.21. The van der Waals surface area contributed by atoms with E-state index < -0.39 is 31.5 Å². The molecule has 0 atom stereocenters. The predicted molar refractivity (Wildman–Crippen MR) is 101 cm³/mol. The third kappa shape index (κ3) is 4.16. The fraction of sp³-hybridized carbons (Fsp3) is 0.235. The van der Waals surface area contributed by atoms with Crippen molar-refractivity contribution in [2.45, 2.75) is 4.90 Å². The number of sulfonamides is 1. The fourth-order valence-electron chi connectivity index (χ4n) is 2.55. The smallest absolute Gasteiger partial charge is 0.340 e. The first kappa shape index (κ1) is 21.8. The first-order chi connectivity index (χ1) is 13.7. The monoisotopic (exact) mass is 426 g/mol. The molecule has 0 aliphatic heterocycles. The van der Waals surface area contributed by atoms with Gasteiger partial charge in [0.1, 0.15) is 5.69 Å². The Morgan fingerprint density at radius 1 is 1.03 bits per heavy atom. The lowest BCUT2D eigenvalue weighted by Crippen LogP contribution is -2.18. The lowest BCUT2D eigenvalue weighted by molar-refractivity contribution is -0.387. The minimum absolute atomic E-state index is 0.00270. The molecule has 2 aromatic rings. The Hall–Kier alpha value is -3.54. The summed E-state index contributed by atoms with van der Waals surface area (Å²) in [6.07, 6.45) is 0. The van der Waals surface area contributed by atoms with E-state index in [1.54, 1.807) is 0 Å². The molecule has 0 bridgehead atoms. The molecule has 29 heavy (non-hydrogen) atoms. The molecular weight excluding hydrogens is 408 g/mol. The van der Waals surface area contributed by atoms with Crippen molar-refractivity contribution in [3.63, 3.8) is 0 Å². The molecule has 0 aliphatic carbocycles. The van der Waals surface area contributed by atoms with Gasteiger partial charge in [-0.2, -0.15) is 0 Å². The molecule has 156 valence electrons. The van der Waals surface area contributed by atoms with E-state index in [9.17, 15) is 23.3 Å². The lowest BCUT2D eigenvalue weighted by Gasteiger charge is -2.19. The number of benzene rings is 2. The van der Waals surface area contributed by atoms with E-state index in [0.717, 1.165) is 19.2 Å². The maximum absolute atomic E-state index is 12.9. The molecule has 0 aliphatic rings. The maximum Gasteiger partial charge on any atom is 0.340 e. The normalized spacial score (nSPS) is 10.8. The van der Waals surface area contributed by atoms with Crippen LogP contribution in [0.3, 0.4) is 0 Å². The zero-order valence-electron chi connectivity index (χ0n) is 15.9. The van der Waals surface area contributed by atoms with E-state index in [2.05, 4.69) is 4.72 Å². The average molecular weight is 426 g/mol. The molecule has 0 aromatic heterocycles. The highest BCUT2D eigenvalue weighted by Gasteiger charge is 2.31. The van der Waals surface area contributed by atoms with Crippen molar-refractivity contribution in [1.82, 2.24) is 0 Å². The molecule has 0 amide bonds. The Labute approximate surface area is 166 Å². The molecule has 0 spiro atoms. The van der Waals surface area contributed by atoms with Crippen molar-refractivity contribution in [1.29, 1.82) is 0 Å². The third-order valence-corrected chi connectivity index (χ3v) is 5.22. The molecule has 11 nitrogen and oxygen atoms in total. The molecule has 0 saturated heterocycles. The Bertz CT molecular complexity index is 1050. The van der Waals surface area contributed by atoms with Crippen LogP contribution in [0.4, 0.5) is 11.4 Å². The van der Waals surface area contributed by atoms with E-state index in [0.29, 0.717) is 0 Å². The van der Waals surface area contributed by atoms with E-state index in [1.165, 1.54) is 39.5 Å². The van der Waals surface area contributed by atoms with Gasteiger partial charge < -0.3 is 18.9 Å². The number of hydrogen-bond acceptors (Lipinski definition) is 9. The summed E-state index contributed by atoms with van der Waals surface area (Å²) < 4.78 is 48.3. The molecule has 0 saturated carbocycles. The molecule has 0 radical (unpaired) electrons. The van der Waals surface area contributed by atoms with Crippen LogP contribution in [0.5, 0.6) is 17.2 Å². The summed E-state index contributed by atoms with van der Waals surface area (Å²) in [6, 6.07) is 5.96. The topological polar surface area (TPSA) is 143 Å². The van der Waals surface area contributed by atoms with Crippen LogP contribution in [0.15, 0.2) is 35.2 Å². The molecule has 0 unspecified atom stereocenters. The lowest BCUT2D eigenvalue weighted by atomic mass is 10.1. The quantitative estimate of drug-likeness (QED) is 0.381. The van der Waals surface area contributed by atoms with Gasteiger partial charge in [0.15, 0.2) is 16.4 Å². The number of methoxy groups -OCH3 is 4. The zero-order valence-corrected chi connectivity index (χ0v) is 16.7. The first-order valence-corrected chi connectivity index (χ1v) is 9.37. The Morgan fingerprint density at radius 2 is 1.66 bits per heavy atom. The Morgan fingerprint density at radius 3 is 2.17 bits per heavy atom. The van der Waals surface area contributed by atoms with E-state index in [4.69, 9.17) is 18.9 Å². The largest absolute Gasteiger partial charge is 0.493 e. The van der Waals surface area contributed by atoms with Crippen LogP contribution in [0.1, 0.15) is 10.4 Å². The number of nitrogens with zero attached hydrogens (tertiary/aromatic N) is 1. The number of anilines is 1. The van der Waals surface area contributed by atoms with Gasteiger partial charge in [-0.3, -0.25) is 14.8 Å². The second-order valence-electron chi connectivity index (χ2n) is 5.39. The number of carbonyl (C=O) groups is 1. The highest BCUT2D eigenvalue weighted by Crippen LogP contribution is 2.46. The van der Waals surface area contributed by atoms with Crippen LogP contribution in [0, 0.1) is 10.1 Å². The summed E-state index contributed by atoms with van der Waals surface area (Å²) in [4.78, 5) is 22.0. The number of rotatable bonds is 8. The molecule has 0 heterocycles.